The largest absolute Gasteiger partial charge is 0.497 e. The van der Waals surface area contributed by atoms with Crippen molar-refractivity contribution in [3.8, 4) is 5.75 Å². The zero-order chi connectivity index (χ0) is 16.4. The summed E-state index contributed by atoms with van der Waals surface area (Å²) in [7, 11) is 1.53. The lowest BCUT2D eigenvalue weighted by Gasteiger charge is -2.30. The Labute approximate surface area is 132 Å². The number of H-pyrrole nitrogens is 1. The fourth-order valence-corrected chi connectivity index (χ4v) is 2.75. The molecule has 0 radical (unpaired) electrons. The summed E-state index contributed by atoms with van der Waals surface area (Å²) < 4.78 is 5.13. The van der Waals surface area contributed by atoms with Crippen molar-refractivity contribution in [1.29, 1.82) is 0 Å². The van der Waals surface area contributed by atoms with Crippen LogP contribution in [0.4, 0.5) is 10.5 Å². The Bertz CT molecular complexity index is 786. The zero-order valence-corrected chi connectivity index (χ0v) is 12.8. The second-order valence-corrected chi connectivity index (χ2v) is 5.62. The van der Waals surface area contributed by atoms with E-state index in [4.69, 9.17) is 4.74 Å². The van der Waals surface area contributed by atoms with Gasteiger partial charge in [0.05, 0.1) is 18.6 Å². The maximum absolute atomic E-state index is 12.5. The molecule has 3 rings (SSSR count). The summed E-state index contributed by atoms with van der Waals surface area (Å²) >= 11 is 0. The molecule has 1 fully saturated rings. The zero-order valence-electron chi connectivity index (χ0n) is 12.8. The number of pyridine rings is 1. The van der Waals surface area contributed by atoms with Gasteiger partial charge in [-0.2, -0.15) is 0 Å². The molecule has 1 unspecified atom stereocenters. The Morgan fingerprint density at radius 1 is 1.48 bits per heavy atom. The monoisotopic (exact) mass is 317 g/mol. The molecule has 2 amide bonds. The molecule has 23 heavy (non-hydrogen) atoms. The van der Waals surface area contributed by atoms with Gasteiger partial charge in [-0.3, -0.25) is 4.79 Å². The number of β-amino-alcohol motifs (C(OH)–C–C–N with tert-alkyl or cyclic N) is 1. The molecule has 2 aromatic rings. The van der Waals surface area contributed by atoms with Gasteiger partial charge in [0.1, 0.15) is 11.4 Å². The van der Waals surface area contributed by atoms with E-state index in [-0.39, 0.29) is 23.7 Å². The standard InChI is InChI=1S/C16H19N3O4/c1-23-11-4-5-13-12(7-11)15(21)14(8-17-13)18-16(22)19-6-2-3-10(20)9-19/h4-5,7-8,10,20H,2-3,6,9H2,1H3,(H,17,21)(H,18,22). The van der Waals surface area contributed by atoms with Crippen molar-refractivity contribution >= 4 is 22.6 Å². The number of carbonyl (C=O) groups excluding carboxylic acids is 1. The molecule has 1 atom stereocenters. The van der Waals surface area contributed by atoms with Gasteiger partial charge in [-0.1, -0.05) is 0 Å². The number of methoxy groups -OCH3 is 1. The number of anilines is 1. The first kappa shape index (κ1) is 15.4. The van der Waals surface area contributed by atoms with Crippen LogP contribution in [0, 0.1) is 0 Å². The molecule has 7 heteroatoms. The number of likely N-dealkylation sites (tertiary alicyclic amines) is 1. The molecule has 122 valence electrons. The van der Waals surface area contributed by atoms with Gasteiger partial charge in [0.15, 0.2) is 0 Å². The summed E-state index contributed by atoms with van der Waals surface area (Å²) in [5.74, 6) is 0.575. The van der Waals surface area contributed by atoms with Gasteiger partial charge in [0.25, 0.3) is 0 Å². The Hall–Kier alpha value is -2.54. The van der Waals surface area contributed by atoms with Gasteiger partial charge in [0.2, 0.25) is 5.43 Å². The van der Waals surface area contributed by atoms with Crippen LogP contribution < -0.4 is 15.5 Å². The van der Waals surface area contributed by atoms with E-state index in [1.807, 2.05) is 0 Å². The van der Waals surface area contributed by atoms with Gasteiger partial charge in [0, 0.05) is 24.8 Å². The molecular formula is C16H19N3O4. The third-order valence-electron chi connectivity index (χ3n) is 4.01. The minimum atomic E-state index is -0.506. The average molecular weight is 317 g/mol. The number of ether oxygens (including phenoxy) is 1. The molecule has 0 saturated carbocycles. The summed E-state index contributed by atoms with van der Waals surface area (Å²) in [6, 6.07) is 4.76. The van der Waals surface area contributed by atoms with Crippen molar-refractivity contribution in [2.75, 3.05) is 25.5 Å². The number of benzene rings is 1. The predicted octanol–water partition coefficient (Wildman–Crippen LogP) is 1.53. The number of nitrogens with one attached hydrogen (secondary N) is 2. The molecule has 1 aliphatic rings. The number of aromatic amines is 1. The van der Waals surface area contributed by atoms with Gasteiger partial charge >= 0.3 is 6.03 Å². The van der Waals surface area contributed by atoms with Crippen molar-refractivity contribution in [2.45, 2.75) is 18.9 Å². The van der Waals surface area contributed by atoms with Crippen LogP contribution in [0.2, 0.25) is 0 Å². The van der Waals surface area contributed by atoms with Crippen molar-refractivity contribution < 1.29 is 14.6 Å². The number of nitrogens with zero attached hydrogens (tertiary/aromatic N) is 1. The lowest BCUT2D eigenvalue weighted by atomic mass is 10.1. The number of hydrogen-bond acceptors (Lipinski definition) is 4. The highest BCUT2D eigenvalue weighted by atomic mass is 16.5. The second kappa shape index (κ2) is 6.29. The van der Waals surface area contributed by atoms with Crippen molar-refractivity contribution in [3.63, 3.8) is 0 Å². The van der Waals surface area contributed by atoms with Gasteiger partial charge in [-0.15, -0.1) is 0 Å². The number of rotatable bonds is 2. The molecule has 1 aliphatic heterocycles. The normalized spacial score (nSPS) is 18.0. The maximum Gasteiger partial charge on any atom is 0.322 e. The molecule has 1 saturated heterocycles. The van der Waals surface area contributed by atoms with Gasteiger partial charge in [-0.25, -0.2) is 4.79 Å². The second-order valence-electron chi connectivity index (χ2n) is 5.62. The Balaban J connectivity index is 1.86. The number of carbonyl (C=O) groups is 1. The average Bonchev–Trinajstić information content (AvgIpc) is 2.57. The smallest absolute Gasteiger partial charge is 0.322 e. The Kier molecular flexibility index (Phi) is 4.20. The molecular weight excluding hydrogens is 298 g/mol. The van der Waals surface area contributed by atoms with Crippen LogP contribution in [-0.2, 0) is 0 Å². The van der Waals surface area contributed by atoms with Crippen LogP contribution in [0.15, 0.2) is 29.2 Å². The van der Waals surface area contributed by atoms with E-state index in [2.05, 4.69) is 10.3 Å². The number of aromatic nitrogens is 1. The summed E-state index contributed by atoms with van der Waals surface area (Å²) in [6.07, 6.45) is 2.42. The fraction of sp³-hybridized carbons (Fsp3) is 0.375. The first-order valence-corrected chi connectivity index (χ1v) is 7.52. The predicted molar refractivity (Wildman–Crippen MR) is 87.0 cm³/mol. The number of hydrogen-bond donors (Lipinski definition) is 3. The molecule has 1 aromatic heterocycles. The van der Waals surface area contributed by atoms with E-state index in [9.17, 15) is 14.7 Å². The Morgan fingerprint density at radius 2 is 2.30 bits per heavy atom. The highest BCUT2D eigenvalue weighted by Gasteiger charge is 2.22. The van der Waals surface area contributed by atoms with E-state index in [1.165, 1.54) is 18.2 Å². The maximum atomic E-state index is 12.5. The minimum absolute atomic E-state index is 0.177. The lowest BCUT2D eigenvalue weighted by Crippen LogP contribution is -2.44. The summed E-state index contributed by atoms with van der Waals surface area (Å²) in [5, 5.41) is 12.7. The molecule has 3 N–H and O–H groups in total. The highest BCUT2D eigenvalue weighted by molar-refractivity contribution is 5.92. The molecule has 7 nitrogen and oxygen atoms in total. The highest BCUT2D eigenvalue weighted by Crippen LogP contribution is 2.18. The van der Waals surface area contributed by atoms with Crippen molar-refractivity contribution in [3.05, 3.63) is 34.6 Å². The fourth-order valence-electron chi connectivity index (χ4n) is 2.75. The number of aliphatic hydroxyl groups excluding tert-OH is 1. The molecule has 2 heterocycles. The van der Waals surface area contributed by atoms with E-state index >= 15 is 0 Å². The molecule has 0 aliphatic carbocycles. The van der Waals surface area contributed by atoms with E-state index in [0.717, 1.165) is 6.42 Å². The molecule has 0 bridgehead atoms. The molecule has 0 spiro atoms. The molecule has 1 aromatic carbocycles. The van der Waals surface area contributed by atoms with Crippen LogP contribution in [0.5, 0.6) is 5.75 Å². The SMILES string of the molecule is COc1ccc2[nH]cc(NC(=O)N3CCCC(O)C3)c(=O)c2c1. The summed E-state index contributed by atoms with van der Waals surface area (Å²) in [5.41, 5.74) is 0.571. The van der Waals surface area contributed by atoms with Crippen LogP contribution in [0.1, 0.15) is 12.8 Å². The van der Waals surface area contributed by atoms with E-state index in [1.54, 1.807) is 18.2 Å². The van der Waals surface area contributed by atoms with Crippen molar-refractivity contribution in [1.82, 2.24) is 9.88 Å². The van der Waals surface area contributed by atoms with Crippen LogP contribution in [0.3, 0.4) is 0 Å². The van der Waals surface area contributed by atoms with Crippen LogP contribution in [0.25, 0.3) is 10.9 Å². The Morgan fingerprint density at radius 3 is 3.04 bits per heavy atom. The minimum Gasteiger partial charge on any atom is -0.497 e. The number of amides is 2. The number of urea groups is 1. The van der Waals surface area contributed by atoms with Crippen LogP contribution >= 0.6 is 0 Å². The van der Waals surface area contributed by atoms with E-state index in [0.29, 0.717) is 29.6 Å². The summed E-state index contributed by atoms with van der Waals surface area (Å²) in [6.45, 7) is 0.855. The van der Waals surface area contributed by atoms with Gasteiger partial charge in [-0.05, 0) is 31.0 Å². The first-order valence-electron chi connectivity index (χ1n) is 7.52. The van der Waals surface area contributed by atoms with Crippen LogP contribution in [-0.4, -0.2) is 47.3 Å². The first-order chi connectivity index (χ1) is 11.1. The van der Waals surface area contributed by atoms with E-state index < -0.39 is 6.10 Å². The lowest BCUT2D eigenvalue weighted by molar-refractivity contribution is 0.0883. The quantitative estimate of drug-likeness (QED) is 0.783. The third-order valence-corrected chi connectivity index (χ3v) is 4.01. The number of fused-ring (bicyclic) bond motifs is 1. The summed E-state index contributed by atoms with van der Waals surface area (Å²) in [4.78, 5) is 29.3. The number of aliphatic hydroxyl groups is 1. The van der Waals surface area contributed by atoms with Gasteiger partial charge < -0.3 is 25.0 Å². The number of piperidine rings is 1. The van der Waals surface area contributed by atoms with Crippen molar-refractivity contribution in [2.24, 2.45) is 0 Å². The third kappa shape index (κ3) is 3.14. The topological polar surface area (TPSA) is 94.7 Å².